The van der Waals surface area contributed by atoms with Gasteiger partial charge in [-0.25, -0.2) is 9.59 Å². The summed E-state index contributed by atoms with van der Waals surface area (Å²) in [5.74, 6) is 0. The molecule has 3 aromatic rings. The number of nitrogens with one attached hydrogen (secondary N) is 2. The van der Waals surface area contributed by atoms with Gasteiger partial charge < -0.3 is 15.4 Å². The molecule has 2 N–H and O–H groups in total. The van der Waals surface area contributed by atoms with Gasteiger partial charge in [-0.1, -0.05) is 30.3 Å². The Labute approximate surface area is 162 Å². The fraction of sp³-hybridized carbons (Fsp3) is 0.190. The molecule has 1 saturated heterocycles. The number of anilines is 2. The van der Waals surface area contributed by atoms with Crippen molar-refractivity contribution in [3.8, 4) is 0 Å². The molecule has 28 heavy (non-hydrogen) atoms. The molecule has 0 saturated carbocycles. The molecular formula is C21H20N4O3. The average Bonchev–Trinajstić information content (AvgIpc) is 3.14. The molecule has 1 fully saturated rings. The van der Waals surface area contributed by atoms with E-state index in [0.29, 0.717) is 18.8 Å². The Morgan fingerprint density at radius 1 is 1.18 bits per heavy atom. The molecule has 7 heteroatoms. The van der Waals surface area contributed by atoms with Gasteiger partial charge in [0.15, 0.2) is 0 Å². The molecule has 0 bridgehead atoms. The highest BCUT2D eigenvalue weighted by Crippen LogP contribution is 2.24. The molecule has 0 radical (unpaired) electrons. The van der Waals surface area contributed by atoms with Crippen LogP contribution >= 0.6 is 0 Å². The number of para-hydroxylation sites is 1. The third-order valence-electron chi connectivity index (χ3n) is 4.67. The third-order valence-corrected chi connectivity index (χ3v) is 4.67. The van der Waals surface area contributed by atoms with Crippen LogP contribution in [0.25, 0.3) is 10.9 Å². The van der Waals surface area contributed by atoms with Crippen molar-refractivity contribution in [2.45, 2.75) is 13.0 Å². The van der Waals surface area contributed by atoms with Gasteiger partial charge in [0.05, 0.1) is 23.8 Å². The van der Waals surface area contributed by atoms with Crippen LogP contribution in [0.5, 0.6) is 0 Å². The van der Waals surface area contributed by atoms with E-state index in [9.17, 15) is 9.59 Å². The predicted octanol–water partition coefficient (Wildman–Crippen LogP) is 4.07. The first-order chi connectivity index (χ1) is 13.6. The summed E-state index contributed by atoms with van der Waals surface area (Å²) in [6, 6.07) is 16.4. The summed E-state index contributed by atoms with van der Waals surface area (Å²) in [6.45, 7) is 2.80. The fourth-order valence-electron chi connectivity index (χ4n) is 3.23. The van der Waals surface area contributed by atoms with Crippen molar-refractivity contribution < 1.29 is 14.3 Å². The van der Waals surface area contributed by atoms with Crippen LogP contribution in [0.15, 0.2) is 60.8 Å². The number of hydrogen-bond donors (Lipinski definition) is 2. The van der Waals surface area contributed by atoms with E-state index in [-0.39, 0.29) is 18.2 Å². The Morgan fingerprint density at radius 2 is 2.00 bits per heavy atom. The minimum atomic E-state index is -0.348. The van der Waals surface area contributed by atoms with Crippen LogP contribution in [0.3, 0.4) is 0 Å². The molecule has 1 aliphatic heterocycles. The molecule has 1 aromatic heterocycles. The first kappa shape index (κ1) is 17.8. The molecule has 2 aromatic carbocycles. The molecule has 7 nitrogen and oxygen atoms in total. The van der Waals surface area contributed by atoms with E-state index in [1.165, 1.54) is 0 Å². The number of urea groups is 1. The molecule has 3 amide bonds. The number of carbonyl (C=O) groups excluding carboxylic acids is 2. The second-order valence-electron chi connectivity index (χ2n) is 6.56. The van der Waals surface area contributed by atoms with E-state index in [4.69, 9.17) is 4.74 Å². The Hall–Kier alpha value is -3.61. The van der Waals surface area contributed by atoms with Crippen molar-refractivity contribution >= 4 is 34.4 Å². The van der Waals surface area contributed by atoms with Gasteiger partial charge in [-0.05, 0) is 36.8 Å². The predicted molar refractivity (Wildman–Crippen MR) is 107 cm³/mol. The number of hydrogen-bond acceptors (Lipinski definition) is 4. The maximum Gasteiger partial charge on any atom is 0.414 e. The monoisotopic (exact) mass is 376 g/mol. The van der Waals surface area contributed by atoms with E-state index in [1.54, 1.807) is 11.1 Å². The van der Waals surface area contributed by atoms with E-state index in [1.807, 2.05) is 61.5 Å². The number of ether oxygens (including phenoxy) is 1. The summed E-state index contributed by atoms with van der Waals surface area (Å²) < 4.78 is 4.99. The molecule has 0 aliphatic carbocycles. The van der Waals surface area contributed by atoms with Crippen molar-refractivity contribution in [1.82, 2.24) is 10.3 Å². The average molecular weight is 376 g/mol. The highest BCUT2D eigenvalue weighted by atomic mass is 16.6. The Kier molecular flexibility index (Phi) is 4.80. The smallest absolute Gasteiger partial charge is 0.414 e. The second-order valence-corrected chi connectivity index (χ2v) is 6.56. The van der Waals surface area contributed by atoms with Crippen LogP contribution in [-0.4, -0.2) is 30.3 Å². The minimum absolute atomic E-state index is 0.249. The zero-order valence-corrected chi connectivity index (χ0v) is 15.4. The van der Waals surface area contributed by atoms with Gasteiger partial charge in [0.1, 0.15) is 6.61 Å². The number of carbonyl (C=O) groups is 2. The standard InChI is InChI=1S/C21H20N4O3/c1-14(16-6-2-8-17(13-16)25-11-12-28-21(25)27)23-20(26)24-18-9-3-5-15-7-4-10-22-19(15)18/h2-10,13-14H,11-12H2,1H3,(H2,23,24,26)/t14-/m1/s1. The number of amides is 3. The first-order valence-corrected chi connectivity index (χ1v) is 9.07. The largest absolute Gasteiger partial charge is 0.447 e. The maximum absolute atomic E-state index is 12.5. The van der Waals surface area contributed by atoms with Crippen molar-refractivity contribution in [3.05, 3.63) is 66.4 Å². The molecule has 1 aliphatic rings. The van der Waals surface area contributed by atoms with Gasteiger partial charge in [-0.15, -0.1) is 0 Å². The minimum Gasteiger partial charge on any atom is -0.447 e. The molecule has 2 heterocycles. The Morgan fingerprint density at radius 3 is 2.82 bits per heavy atom. The highest BCUT2D eigenvalue weighted by molar-refractivity contribution is 5.99. The number of pyridine rings is 1. The summed E-state index contributed by atoms with van der Waals surface area (Å²) in [5, 5.41) is 6.75. The number of nitrogens with zero attached hydrogens (tertiary/aromatic N) is 2. The summed E-state index contributed by atoms with van der Waals surface area (Å²) >= 11 is 0. The zero-order valence-electron chi connectivity index (χ0n) is 15.4. The summed E-state index contributed by atoms with van der Waals surface area (Å²) in [5.41, 5.74) is 3.04. The number of benzene rings is 2. The second kappa shape index (κ2) is 7.56. The van der Waals surface area contributed by atoms with Crippen molar-refractivity contribution in [1.29, 1.82) is 0 Å². The van der Waals surface area contributed by atoms with Gasteiger partial charge in [0.25, 0.3) is 0 Å². The van der Waals surface area contributed by atoms with Crippen LogP contribution in [0.4, 0.5) is 21.0 Å². The topological polar surface area (TPSA) is 83.6 Å². The summed E-state index contributed by atoms with van der Waals surface area (Å²) in [7, 11) is 0. The lowest BCUT2D eigenvalue weighted by Gasteiger charge is -2.18. The lowest BCUT2D eigenvalue weighted by molar-refractivity contribution is 0.181. The Balaban J connectivity index is 1.47. The van der Waals surface area contributed by atoms with E-state index >= 15 is 0 Å². The first-order valence-electron chi connectivity index (χ1n) is 9.07. The lowest BCUT2D eigenvalue weighted by atomic mass is 10.1. The van der Waals surface area contributed by atoms with E-state index < -0.39 is 0 Å². The van der Waals surface area contributed by atoms with Crippen molar-refractivity contribution in [3.63, 3.8) is 0 Å². The van der Waals surface area contributed by atoms with Gasteiger partial charge >= 0.3 is 12.1 Å². The molecule has 142 valence electrons. The van der Waals surface area contributed by atoms with Crippen LogP contribution in [0.1, 0.15) is 18.5 Å². The number of fused-ring (bicyclic) bond motifs is 1. The highest BCUT2D eigenvalue weighted by Gasteiger charge is 2.24. The number of aromatic nitrogens is 1. The lowest BCUT2D eigenvalue weighted by Crippen LogP contribution is -2.31. The maximum atomic E-state index is 12.5. The summed E-state index contributed by atoms with van der Waals surface area (Å²) in [6.07, 6.45) is 1.35. The number of rotatable bonds is 4. The molecular weight excluding hydrogens is 356 g/mol. The number of cyclic esters (lactones) is 1. The summed E-state index contributed by atoms with van der Waals surface area (Å²) in [4.78, 5) is 30.2. The van der Waals surface area contributed by atoms with Crippen molar-refractivity contribution in [2.24, 2.45) is 0 Å². The van der Waals surface area contributed by atoms with Crippen LogP contribution in [0.2, 0.25) is 0 Å². The van der Waals surface area contributed by atoms with Gasteiger partial charge in [-0.2, -0.15) is 0 Å². The van der Waals surface area contributed by atoms with E-state index in [0.717, 1.165) is 22.2 Å². The molecule has 4 rings (SSSR count). The normalized spacial score (nSPS) is 14.6. The fourth-order valence-corrected chi connectivity index (χ4v) is 3.23. The molecule has 0 spiro atoms. The quantitative estimate of drug-likeness (QED) is 0.719. The van der Waals surface area contributed by atoms with Gasteiger partial charge in [0.2, 0.25) is 0 Å². The molecule has 0 unspecified atom stereocenters. The van der Waals surface area contributed by atoms with Crippen LogP contribution in [0, 0.1) is 0 Å². The van der Waals surface area contributed by atoms with E-state index in [2.05, 4.69) is 15.6 Å². The Bertz CT molecular complexity index is 1030. The zero-order chi connectivity index (χ0) is 19.5. The van der Waals surface area contributed by atoms with Crippen molar-refractivity contribution in [2.75, 3.05) is 23.4 Å². The third kappa shape index (κ3) is 3.59. The van der Waals surface area contributed by atoms with Crippen LogP contribution in [-0.2, 0) is 4.74 Å². The SMILES string of the molecule is C[C@@H](NC(=O)Nc1cccc2cccnc12)c1cccc(N2CCOC2=O)c1. The molecule has 1 atom stereocenters. The van der Waals surface area contributed by atoms with Crippen LogP contribution < -0.4 is 15.5 Å². The van der Waals surface area contributed by atoms with Gasteiger partial charge in [-0.3, -0.25) is 9.88 Å². The van der Waals surface area contributed by atoms with Gasteiger partial charge in [0, 0.05) is 17.3 Å².